The number of nitrogens with one attached hydrogen (secondary N) is 1. The molecule has 0 aliphatic carbocycles. The molecule has 2 N–H and O–H groups in total. The number of fused-ring (bicyclic) bond motifs is 1. The van der Waals surface area contributed by atoms with Gasteiger partial charge in [0.25, 0.3) is 0 Å². The summed E-state index contributed by atoms with van der Waals surface area (Å²) in [6.45, 7) is 2.09. The number of rotatable bonds is 3. The third-order valence-electron chi connectivity index (χ3n) is 2.85. The van der Waals surface area contributed by atoms with Crippen LogP contribution in [0.1, 0.15) is 10.4 Å². The van der Waals surface area contributed by atoms with E-state index in [9.17, 15) is 5.11 Å². The summed E-state index contributed by atoms with van der Waals surface area (Å²) in [6.07, 6.45) is 1.54. The van der Waals surface area contributed by atoms with Crippen LogP contribution in [0.3, 0.4) is 0 Å². The molecule has 0 saturated heterocycles. The number of nitrogens with zero attached hydrogens (tertiary/aromatic N) is 2. The van der Waals surface area contributed by atoms with Gasteiger partial charge in [-0.15, -0.1) is 11.3 Å². The average Bonchev–Trinajstić information content (AvgIpc) is 2.85. The zero-order valence-corrected chi connectivity index (χ0v) is 11.2. The SMILES string of the molecule is Cc1ccc(Nc2ncnc3sc(CO)cc23)cc1. The van der Waals surface area contributed by atoms with Crippen molar-refractivity contribution < 1.29 is 5.11 Å². The van der Waals surface area contributed by atoms with Crippen LogP contribution < -0.4 is 5.32 Å². The quantitative estimate of drug-likeness (QED) is 0.768. The van der Waals surface area contributed by atoms with Crippen molar-refractivity contribution >= 4 is 33.1 Å². The van der Waals surface area contributed by atoms with Crippen molar-refractivity contribution in [2.45, 2.75) is 13.5 Å². The molecular weight excluding hydrogens is 258 g/mol. The highest BCUT2D eigenvalue weighted by molar-refractivity contribution is 7.18. The van der Waals surface area contributed by atoms with E-state index in [1.54, 1.807) is 0 Å². The van der Waals surface area contributed by atoms with Crippen molar-refractivity contribution in [2.75, 3.05) is 5.32 Å². The lowest BCUT2D eigenvalue weighted by Gasteiger charge is -2.06. The lowest BCUT2D eigenvalue weighted by molar-refractivity contribution is 0.285. The maximum Gasteiger partial charge on any atom is 0.142 e. The van der Waals surface area contributed by atoms with Crippen molar-refractivity contribution in [3.8, 4) is 0 Å². The minimum atomic E-state index is 0.0327. The molecule has 5 heteroatoms. The Bertz CT molecular complexity index is 706. The third-order valence-corrected chi connectivity index (χ3v) is 3.88. The lowest BCUT2D eigenvalue weighted by atomic mass is 10.2. The van der Waals surface area contributed by atoms with Gasteiger partial charge in [-0.25, -0.2) is 9.97 Å². The van der Waals surface area contributed by atoms with Crippen LogP contribution in [0, 0.1) is 6.92 Å². The summed E-state index contributed by atoms with van der Waals surface area (Å²) >= 11 is 1.48. The maximum atomic E-state index is 9.19. The Labute approximate surface area is 114 Å². The van der Waals surface area contributed by atoms with E-state index in [0.717, 1.165) is 26.6 Å². The van der Waals surface area contributed by atoms with Gasteiger partial charge in [-0.05, 0) is 25.1 Å². The van der Waals surface area contributed by atoms with Crippen molar-refractivity contribution in [3.05, 3.63) is 47.1 Å². The summed E-state index contributed by atoms with van der Waals surface area (Å²) in [5.41, 5.74) is 2.21. The predicted molar refractivity (Wildman–Crippen MR) is 77.8 cm³/mol. The van der Waals surface area contributed by atoms with E-state index in [1.165, 1.54) is 23.2 Å². The van der Waals surface area contributed by atoms with Crippen LogP contribution in [0.15, 0.2) is 36.7 Å². The van der Waals surface area contributed by atoms with Crippen molar-refractivity contribution in [2.24, 2.45) is 0 Å². The molecule has 0 unspecified atom stereocenters. The summed E-state index contributed by atoms with van der Waals surface area (Å²) in [6, 6.07) is 10.1. The normalized spacial score (nSPS) is 10.8. The highest BCUT2D eigenvalue weighted by Gasteiger charge is 2.08. The first-order valence-electron chi connectivity index (χ1n) is 5.94. The molecule has 3 aromatic rings. The molecule has 0 fully saturated rings. The number of anilines is 2. The minimum Gasteiger partial charge on any atom is -0.391 e. The number of aromatic nitrogens is 2. The second-order valence-electron chi connectivity index (χ2n) is 4.30. The van der Waals surface area contributed by atoms with Crippen LogP contribution in [0.5, 0.6) is 0 Å². The molecule has 0 saturated carbocycles. The van der Waals surface area contributed by atoms with Crippen molar-refractivity contribution in [3.63, 3.8) is 0 Å². The first-order valence-corrected chi connectivity index (χ1v) is 6.76. The molecule has 2 heterocycles. The van der Waals surface area contributed by atoms with Gasteiger partial charge in [0.15, 0.2) is 0 Å². The number of hydrogen-bond acceptors (Lipinski definition) is 5. The van der Waals surface area contributed by atoms with Crippen molar-refractivity contribution in [1.29, 1.82) is 0 Å². The van der Waals surface area contributed by atoms with Gasteiger partial charge in [-0.2, -0.15) is 0 Å². The molecule has 0 aliphatic heterocycles. The van der Waals surface area contributed by atoms with E-state index >= 15 is 0 Å². The second kappa shape index (κ2) is 4.95. The molecule has 1 aromatic carbocycles. The fourth-order valence-electron chi connectivity index (χ4n) is 1.86. The Morgan fingerprint density at radius 1 is 1.21 bits per heavy atom. The van der Waals surface area contributed by atoms with Gasteiger partial charge in [0, 0.05) is 10.6 Å². The van der Waals surface area contributed by atoms with Gasteiger partial charge in [-0.3, -0.25) is 0 Å². The number of hydrogen-bond donors (Lipinski definition) is 2. The summed E-state index contributed by atoms with van der Waals surface area (Å²) in [4.78, 5) is 10.3. The second-order valence-corrected chi connectivity index (χ2v) is 5.42. The Morgan fingerprint density at radius 2 is 2.00 bits per heavy atom. The van der Waals surface area contributed by atoms with E-state index < -0.39 is 0 Å². The minimum absolute atomic E-state index is 0.0327. The van der Waals surface area contributed by atoms with Gasteiger partial charge < -0.3 is 10.4 Å². The molecule has 0 bridgehead atoms. The number of aryl methyl sites for hydroxylation is 1. The Morgan fingerprint density at radius 3 is 2.74 bits per heavy atom. The number of benzene rings is 1. The molecular formula is C14H13N3OS. The molecule has 0 amide bonds. The van der Waals surface area contributed by atoms with E-state index in [0.29, 0.717) is 0 Å². The maximum absolute atomic E-state index is 9.19. The predicted octanol–water partition coefficient (Wildman–Crippen LogP) is 3.24. The molecule has 96 valence electrons. The molecule has 0 spiro atoms. The smallest absolute Gasteiger partial charge is 0.142 e. The van der Waals surface area contributed by atoms with E-state index in [2.05, 4.69) is 22.2 Å². The van der Waals surface area contributed by atoms with Gasteiger partial charge in [0.05, 0.1) is 12.0 Å². The Kier molecular flexibility index (Phi) is 3.15. The average molecular weight is 271 g/mol. The summed E-state index contributed by atoms with van der Waals surface area (Å²) in [7, 11) is 0. The van der Waals surface area contributed by atoms with Gasteiger partial charge in [0.1, 0.15) is 17.0 Å². The molecule has 4 nitrogen and oxygen atoms in total. The van der Waals surface area contributed by atoms with Gasteiger partial charge >= 0.3 is 0 Å². The van der Waals surface area contributed by atoms with E-state index in [-0.39, 0.29) is 6.61 Å². The summed E-state index contributed by atoms with van der Waals surface area (Å²) < 4.78 is 0. The fourth-order valence-corrected chi connectivity index (χ4v) is 2.71. The largest absolute Gasteiger partial charge is 0.391 e. The van der Waals surface area contributed by atoms with Crippen LogP contribution in [-0.2, 0) is 6.61 Å². The van der Waals surface area contributed by atoms with Gasteiger partial charge in [0.2, 0.25) is 0 Å². The standard InChI is InChI=1S/C14H13N3OS/c1-9-2-4-10(5-3-9)17-13-12-6-11(7-18)19-14(12)16-8-15-13/h2-6,8,18H,7H2,1H3,(H,15,16,17). The number of aliphatic hydroxyl groups is 1. The zero-order valence-electron chi connectivity index (χ0n) is 10.4. The number of aliphatic hydroxyl groups excluding tert-OH is 1. The van der Waals surface area contributed by atoms with E-state index in [4.69, 9.17) is 0 Å². The summed E-state index contributed by atoms with van der Waals surface area (Å²) in [5, 5.41) is 13.4. The number of thiophene rings is 1. The van der Waals surface area contributed by atoms with Crippen LogP contribution >= 0.6 is 11.3 Å². The lowest BCUT2D eigenvalue weighted by Crippen LogP contribution is -1.94. The fraction of sp³-hybridized carbons (Fsp3) is 0.143. The Balaban J connectivity index is 2.00. The van der Waals surface area contributed by atoms with Crippen molar-refractivity contribution in [1.82, 2.24) is 9.97 Å². The van der Waals surface area contributed by atoms with E-state index in [1.807, 2.05) is 30.3 Å². The highest BCUT2D eigenvalue weighted by Crippen LogP contribution is 2.29. The van der Waals surface area contributed by atoms with Crippen LogP contribution in [0.2, 0.25) is 0 Å². The molecule has 0 atom stereocenters. The molecule has 0 aliphatic rings. The zero-order chi connectivity index (χ0) is 13.2. The third kappa shape index (κ3) is 2.43. The molecule has 0 radical (unpaired) electrons. The topological polar surface area (TPSA) is 58.0 Å². The van der Waals surface area contributed by atoms with Crippen LogP contribution in [0.4, 0.5) is 11.5 Å². The van der Waals surface area contributed by atoms with Crippen LogP contribution in [-0.4, -0.2) is 15.1 Å². The van der Waals surface area contributed by atoms with Gasteiger partial charge in [-0.1, -0.05) is 17.7 Å². The summed E-state index contributed by atoms with van der Waals surface area (Å²) in [5.74, 6) is 0.768. The monoisotopic (exact) mass is 271 g/mol. The molecule has 2 aromatic heterocycles. The highest BCUT2D eigenvalue weighted by atomic mass is 32.1. The van der Waals surface area contributed by atoms with Crippen LogP contribution in [0.25, 0.3) is 10.2 Å². The first-order chi connectivity index (χ1) is 9.26. The molecule has 3 rings (SSSR count). The Hall–Kier alpha value is -1.98. The molecule has 19 heavy (non-hydrogen) atoms. The first kappa shape index (κ1) is 12.1.